The first kappa shape index (κ1) is 46.8. The maximum absolute atomic E-state index is 16.0. The lowest BCUT2D eigenvalue weighted by Gasteiger charge is -2.29. The van der Waals surface area contributed by atoms with Gasteiger partial charge in [-0.25, -0.2) is 18.4 Å². The molecule has 0 radical (unpaired) electrons. The van der Waals surface area contributed by atoms with Gasteiger partial charge in [-0.2, -0.15) is 9.97 Å². The third-order valence-electron chi connectivity index (χ3n) is 9.60. The fourth-order valence-corrected chi connectivity index (χ4v) is 5.76. The van der Waals surface area contributed by atoms with E-state index >= 15 is 8.78 Å². The van der Waals surface area contributed by atoms with Crippen molar-refractivity contribution in [2.45, 2.75) is 122 Å². The summed E-state index contributed by atoms with van der Waals surface area (Å²) < 4.78 is 60.0. The van der Waals surface area contributed by atoms with E-state index in [9.17, 15) is 29.1 Å². The molecule has 20 nitrogen and oxygen atoms in total. The van der Waals surface area contributed by atoms with Crippen molar-refractivity contribution in [3.05, 3.63) is 45.5 Å². The van der Waals surface area contributed by atoms with E-state index < -0.39 is 109 Å². The highest BCUT2D eigenvalue weighted by atomic mass is 19.1. The monoisotopic (exact) mass is 815 g/mol. The summed E-state index contributed by atoms with van der Waals surface area (Å²) in [5.74, 6) is -3.13. The number of carbonyl (C=O) groups is 3. The second-order valence-electron chi connectivity index (χ2n) is 15.3. The molecule has 320 valence electrons. The maximum Gasteiger partial charge on any atom is 0.351 e. The van der Waals surface area contributed by atoms with Crippen molar-refractivity contribution in [3.63, 3.8) is 0 Å². The van der Waals surface area contributed by atoms with Crippen molar-refractivity contribution >= 4 is 29.5 Å². The molecule has 2 aliphatic heterocycles. The summed E-state index contributed by atoms with van der Waals surface area (Å²) in [6.45, 7) is 11.5. The molecule has 5 unspecified atom stereocenters. The van der Waals surface area contributed by atoms with Crippen LogP contribution >= 0.6 is 0 Å². The summed E-state index contributed by atoms with van der Waals surface area (Å²) in [7, 11) is 0. The van der Waals surface area contributed by atoms with Crippen LogP contribution in [0, 0.1) is 17.8 Å². The summed E-state index contributed by atoms with van der Waals surface area (Å²) >= 11 is 0. The van der Waals surface area contributed by atoms with Crippen LogP contribution in [-0.4, -0.2) is 109 Å². The van der Waals surface area contributed by atoms with Crippen molar-refractivity contribution < 1.29 is 52.0 Å². The highest BCUT2D eigenvalue weighted by molar-refractivity contribution is 5.77. The highest BCUT2D eigenvalue weighted by Crippen LogP contribution is 2.44. The summed E-state index contributed by atoms with van der Waals surface area (Å²) in [5, 5.41) is 9.47. The number of carbonyl (C=O) groups excluding carboxylic acids is 3. The molecule has 57 heavy (non-hydrogen) atoms. The van der Waals surface area contributed by atoms with Crippen LogP contribution < -0.4 is 40.0 Å². The molecule has 0 aliphatic carbocycles. The van der Waals surface area contributed by atoms with Gasteiger partial charge in [0.1, 0.15) is 48.6 Å². The van der Waals surface area contributed by atoms with E-state index in [2.05, 4.69) is 9.97 Å². The molecule has 11 N–H and O–H groups in total. The van der Waals surface area contributed by atoms with Gasteiger partial charge in [0.05, 0.1) is 6.61 Å². The summed E-state index contributed by atoms with van der Waals surface area (Å²) in [6, 6.07) is -0.254. The average Bonchev–Trinajstić information content (AvgIpc) is 3.52. The SMILES string of the molecule is CC(C)C(N)C(=O)OC[C@H]1O[C@@H](n2ccc(N)nc2=O)C(C)(F)[C@H]1OC(=O)C(N)C(C)C.CC(C)C(N)C(=O)O[C@H]1[C@@H](CO)O[C@@H](n2ccc(N)nc2=O)C1(C)F. The number of anilines is 2. The molecule has 2 saturated heterocycles. The van der Waals surface area contributed by atoms with Crippen LogP contribution in [0.15, 0.2) is 34.1 Å². The van der Waals surface area contributed by atoms with Crippen molar-refractivity contribution in [2.24, 2.45) is 35.0 Å². The summed E-state index contributed by atoms with van der Waals surface area (Å²) in [5.41, 5.74) is 21.9. The minimum Gasteiger partial charge on any atom is -0.462 e. The van der Waals surface area contributed by atoms with Gasteiger partial charge in [-0.15, -0.1) is 0 Å². The smallest absolute Gasteiger partial charge is 0.351 e. The molecule has 2 fully saturated rings. The zero-order chi connectivity index (χ0) is 43.3. The van der Waals surface area contributed by atoms with Crippen LogP contribution in [0.4, 0.5) is 20.4 Å². The molecule has 4 rings (SSSR count). The number of nitrogen functional groups attached to an aromatic ring is 2. The quantitative estimate of drug-likeness (QED) is 0.107. The van der Waals surface area contributed by atoms with E-state index in [4.69, 9.17) is 52.4 Å². The third-order valence-corrected chi connectivity index (χ3v) is 9.60. The zero-order valence-corrected chi connectivity index (χ0v) is 33.1. The van der Waals surface area contributed by atoms with Gasteiger partial charge < -0.3 is 57.5 Å². The maximum atomic E-state index is 16.0. The molecule has 22 heteroatoms. The largest absolute Gasteiger partial charge is 0.462 e. The van der Waals surface area contributed by atoms with Crippen LogP contribution in [0.3, 0.4) is 0 Å². The van der Waals surface area contributed by atoms with E-state index in [0.29, 0.717) is 0 Å². The molecule has 11 atom stereocenters. The second-order valence-corrected chi connectivity index (χ2v) is 15.3. The molecule has 0 spiro atoms. The Morgan fingerprint density at radius 3 is 1.44 bits per heavy atom. The number of nitrogens with two attached hydrogens (primary N) is 5. The Kier molecular flexibility index (Phi) is 15.4. The van der Waals surface area contributed by atoms with Crippen LogP contribution in [-0.2, 0) is 38.1 Å². The van der Waals surface area contributed by atoms with Crippen LogP contribution in [0.5, 0.6) is 0 Å². The number of hydrogen-bond acceptors (Lipinski definition) is 18. The highest BCUT2D eigenvalue weighted by Gasteiger charge is 2.60. The molecule has 0 saturated carbocycles. The minimum atomic E-state index is -2.40. The Morgan fingerprint density at radius 2 is 1.09 bits per heavy atom. The van der Waals surface area contributed by atoms with E-state index in [1.54, 1.807) is 41.5 Å². The number of aromatic nitrogens is 4. The van der Waals surface area contributed by atoms with E-state index in [1.165, 1.54) is 24.5 Å². The van der Waals surface area contributed by atoms with Crippen molar-refractivity contribution in [1.82, 2.24) is 19.1 Å². The van der Waals surface area contributed by atoms with Gasteiger partial charge in [-0.3, -0.25) is 23.5 Å². The topological polar surface area (TPSA) is 317 Å². The Labute approximate surface area is 327 Å². The number of esters is 3. The fraction of sp³-hybridized carbons (Fsp3) is 0.686. The Hall–Kier alpha value is -4.61. The molecule has 0 amide bonds. The lowest BCUT2D eigenvalue weighted by Crippen LogP contribution is -2.49. The molecule has 4 heterocycles. The zero-order valence-electron chi connectivity index (χ0n) is 33.1. The Morgan fingerprint density at radius 1 is 0.737 bits per heavy atom. The summed E-state index contributed by atoms with van der Waals surface area (Å²) in [6.07, 6.45) is -5.89. The number of aliphatic hydroxyl groups is 1. The molecule has 2 aliphatic rings. The van der Waals surface area contributed by atoms with E-state index in [-0.39, 0.29) is 29.4 Å². The van der Waals surface area contributed by atoms with Gasteiger partial charge in [0.15, 0.2) is 36.0 Å². The predicted molar refractivity (Wildman–Crippen MR) is 199 cm³/mol. The average molecular weight is 816 g/mol. The number of halogens is 2. The summed E-state index contributed by atoms with van der Waals surface area (Å²) in [4.78, 5) is 68.1. The number of ether oxygens (including phenoxy) is 5. The molecule has 2 aromatic rings. The van der Waals surface area contributed by atoms with Gasteiger partial charge in [0, 0.05) is 12.4 Å². The fourth-order valence-electron chi connectivity index (χ4n) is 5.76. The first-order valence-electron chi connectivity index (χ1n) is 18.2. The number of rotatable bonds is 13. The van der Waals surface area contributed by atoms with Crippen molar-refractivity contribution in [2.75, 3.05) is 24.7 Å². The minimum absolute atomic E-state index is 0.0237. The Bertz CT molecular complexity index is 1840. The van der Waals surface area contributed by atoms with Gasteiger partial charge >= 0.3 is 29.3 Å². The van der Waals surface area contributed by atoms with Gasteiger partial charge in [0.25, 0.3) is 0 Å². The van der Waals surface area contributed by atoms with Crippen LogP contribution in [0.2, 0.25) is 0 Å². The van der Waals surface area contributed by atoms with E-state index in [0.717, 1.165) is 23.0 Å². The lowest BCUT2D eigenvalue weighted by atomic mass is 9.97. The predicted octanol–water partition coefficient (Wildman–Crippen LogP) is -0.789. The van der Waals surface area contributed by atoms with Crippen molar-refractivity contribution in [3.8, 4) is 0 Å². The van der Waals surface area contributed by atoms with E-state index in [1.807, 2.05) is 0 Å². The third kappa shape index (κ3) is 10.7. The number of hydrogen-bond donors (Lipinski definition) is 6. The van der Waals surface area contributed by atoms with Gasteiger partial charge in [-0.05, 0) is 43.7 Å². The van der Waals surface area contributed by atoms with Gasteiger partial charge in [0.2, 0.25) is 0 Å². The molecule has 2 aromatic heterocycles. The normalized spacial score (nSPS) is 28.7. The van der Waals surface area contributed by atoms with Crippen LogP contribution in [0.25, 0.3) is 0 Å². The number of alkyl halides is 2. The Balaban J connectivity index is 0.000000315. The second kappa shape index (κ2) is 18.8. The first-order valence-corrected chi connectivity index (χ1v) is 18.2. The lowest BCUT2D eigenvalue weighted by molar-refractivity contribution is -0.164. The first-order chi connectivity index (χ1) is 26.4. The molecule has 0 aromatic carbocycles. The molecular weight excluding hydrogens is 760 g/mol. The number of aliphatic hydroxyl groups excluding tert-OH is 1. The standard InChI is InChI=1S/C20H32FN5O6.C15H23FN4O5/c1-9(2)13(23)16(27)30-8-11-15(32-17(28)14(24)10(3)4)20(5,21)18(31-11)26-7-6-12(22)25-19(26)29;1-7(2)10(18)12(22)25-11-8(6-21)24-13(15(11,3)16)20-5-4-9(17)19-14(20)23/h6-7,9-11,13-15,18H,8,23-24H2,1-5H3,(H2,22,25,29);4-5,7-8,10-11,13,21H,6,18H2,1-3H3,(H2,17,19,23)/t11-,13?,14?,15+,18-,20?;8-,10?,11+,13-,15?/m11/s1. The number of nitrogens with zero attached hydrogens (tertiary/aromatic N) is 4. The van der Waals surface area contributed by atoms with Crippen LogP contribution in [0.1, 0.15) is 67.8 Å². The molecule has 0 bridgehead atoms. The molecular formula is C35H55F2N9O11. The van der Waals surface area contributed by atoms with Crippen molar-refractivity contribution in [1.29, 1.82) is 0 Å². The van der Waals surface area contributed by atoms with Gasteiger partial charge in [-0.1, -0.05) is 41.5 Å².